The molecule has 3 atom stereocenters. The molecule has 0 aliphatic carbocycles. The lowest BCUT2D eigenvalue weighted by Crippen LogP contribution is -2.36. The fourth-order valence-electron chi connectivity index (χ4n) is 4.24. The Labute approximate surface area is 196 Å². The molecule has 2 fully saturated rings. The van der Waals surface area contributed by atoms with Crippen LogP contribution in [0.1, 0.15) is 36.4 Å². The smallest absolute Gasteiger partial charge is 0.170 e. The minimum atomic E-state index is -0.136. The average Bonchev–Trinajstić information content (AvgIpc) is 3.52. The van der Waals surface area contributed by atoms with Gasteiger partial charge in [0.15, 0.2) is 5.11 Å². The molecule has 160 valence electrons. The number of benzene rings is 1. The van der Waals surface area contributed by atoms with Crippen LogP contribution in [-0.2, 0) is 4.74 Å². The molecule has 31 heavy (non-hydrogen) atoms. The molecule has 0 amide bonds. The Kier molecular flexibility index (Phi) is 5.89. The first-order chi connectivity index (χ1) is 15.1. The summed E-state index contributed by atoms with van der Waals surface area (Å²) in [4.78, 5) is 6.74. The summed E-state index contributed by atoms with van der Waals surface area (Å²) in [6, 6.07) is 15.1. The van der Waals surface area contributed by atoms with Crippen molar-refractivity contribution < 1.29 is 9.15 Å². The highest BCUT2D eigenvalue weighted by Gasteiger charge is 2.42. The van der Waals surface area contributed by atoms with Gasteiger partial charge in [-0.15, -0.1) is 0 Å². The third-order valence-corrected chi connectivity index (χ3v) is 6.84. The van der Waals surface area contributed by atoms with Gasteiger partial charge in [0, 0.05) is 24.9 Å². The first-order valence-corrected chi connectivity index (χ1v) is 11.4. The third kappa shape index (κ3) is 4.17. The summed E-state index contributed by atoms with van der Waals surface area (Å²) in [5.41, 5.74) is 1.78. The number of hydrogen-bond acceptors (Lipinski definition) is 4. The number of rotatable bonds is 5. The highest BCUT2D eigenvalue weighted by molar-refractivity contribution is 7.80. The maximum absolute atomic E-state index is 6.33. The molecule has 0 unspecified atom stereocenters. The molecule has 4 heterocycles. The van der Waals surface area contributed by atoms with Gasteiger partial charge in [-0.25, -0.2) is 0 Å². The fourth-order valence-corrected chi connectivity index (χ4v) is 4.85. The van der Waals surface area contributed by atoms with Crippen LogP contribution in [0.2, 0.25) is 10.0 Å². The van der Waals surface area contributed by atoms with E-state index in [2.05, 4.69) is 15.2 Å². The van der Waals surface area contributed by atoms with E-state index in [1.165, 1.54) is 0 Å². The number of aromatic nitrogens is 1. The summed E-state index contributed by atoms with van der Waals surface area (Å²) >= 11 is 18.0. The summed E-state index contributed by atoms with van der Waals surface area (Å²) in [6.07, 6.45) is 4.07. The van der Waals surface area contributed by atoms with Crippen LogP contribution in [0.15, 0.2) is 59.1 Å². The molecule has 8 heteroatoms. The molecular weight excluding hydrogens is 453 g/mol. The average molecular weight is 474 g/mol. The third-order valence-electron chi connectivity index (χ3n) is 5.74. The summed E-state index contributed by atoms with van der Waals surface area (Å²) in [5, 5.41) is 5.14. The number of pyridine rings is 1. The lowest BCUT2D eigenvalue weighted by atomic mass is 10.0. The Morgan fingerprint density at radius 3 is 2.77 bits per heavy atom. The molecule has 3 aromatic rings. The normalized spacial score (nSPS) is 23.4. The zero-order chi connectivity index (χ0) is 21.4. The number of furan rings is 1. The molecule has 1 aromatic carbocycles. The molecule has 0 saturated carbocycles. The van der Waals surface area contributed by atoms with Crippen LogP contribution >= 0.6 is 35.4 Å². The lowest BCUT2D eigenvalue weighted by molar-refractivity contribution is 0.0818. The van der Waals surface area contributed by atoms with E-state index in [9.17, 15) is 0 Å². The maximum Gasteiger partial charge on any atom is 0.170 e. The van der Waals surface area contributed by atoms with Crippen LogP contribution in [0.25, 0.3) is 11.3 Å². The van der Waals surface area contributed by atoms with Crippen LogP contribution in [0.3, 0.4) is 0 Å². The Bertz CT molecular complexity index is 1090. The maximum atomic E-state index is 6.33. The van der Waals surface area contributed by atoms with Gasteiger partial charge < -0.3 is 19.4 Å². The minimum absolute atomic E-state index is 0.122. The van der Waals surface area contributed by atoms with Crippen molar-refractivity contribution >= 4 is 40.5 Å². The van der Waals surface area contributed by atoms with E-state index in [-0.39, 0.29) is 18.2 Å². The minimum Gasteiger partial charge on any atom is -0.459 e. The first kappa shape index (κ1) is 20.8. The van der Waals surface area contributed by atoms with Gasteiger partial charge in [-0.05, 0) is 67.5 Å². The highest BCUT2D eigenvalue weighted by Crippen LogP contribution is 2.41. The molecule has 0 bridgehead atoms. The largest absolute Gasteiger partial charge is 0.459 e. The van der Waals surface area contributed by atoms with E-state index in [1.54, 1.807) is 12.3 Å². The van der Waals surface area contributed by atoms with Crippen LogP contribution in [-0.4, -0.2) is 34.3 Å². The van der Waals surface area contributed by atoms with Gasteiger partial charge >= 0.3 is 0 Å². The van der Waals surface area contributed by atoms with Crippen molar-refractivity contribution in [2.24, 2.45) is 0 Å². The van der Waals surface area contributed by atoms with E-state index in [4.69, 9.17) is 44.6 Å². The molecule has 5 rings (SSSR count). The SMILES string of the molecule is S=C1N[C@@H](c2ccccn2)[C@@H](c2ccc(-c3ccc(Cl)c(Cl)c3)o2)N1C[C@@H]1CCCO1. The predicted octanol–water partition coefficient (Wildman–Crippen LogP) is 5.80. The number of halogens is 2. The number of thiocarbonyl (C=S) groups is 1. The standard InChI is InChI=1S/C23H21Cl2N3O2S/c24-16-7-6-14(12-17(16)25)19-8-9-20(30-19)22-21(18-5-1-2-10-26-18)27-23(31)28(22)13-15-4-3-11-29-15/h1-2,5-10,12,15,21-22H,3-4,11,13H2,(H,27,31)/t15-,21-,22+/m0/s1. The molecule has 2 aliphatic heterocycles. The molecule has 1 N–H and O–H groups in total. The molecule has 0 spiro atoms. The number of hydrogen-bond donors (Lipinski definition) is 1. The lowest BCUT2D eigenvalue weighted by Gasteiger charge is -2.28. The quantitative estimate of drug-likeness (QED) is 0.472. The molecule has 2 aliphatic rings. The van der Waals surface area contributed by atoms with Crippen molar-refractivity contribution in [1.82, 2.24) is 15.2 Å². The van der Waals surface area contributed by atoms with Crippen LogP contribution < -0.4 is 5.32 Å². The van der Waals surface area contributed by atoms with Crippen molar-refractivity contribution in [3.63, 3.8) is 0 Å². The Morgan fingerprint density at radius 1 is 1.13 bits per heavy atom. The molecular formula is C23H21Cl2N3O2S. The van der Waals surface area contributed by atoms with Crippen molar-refractivity contribution in [2.45, 2.75) is 31.0 Å². The summed E-state index contributed by atoms with van der Waals surface area (Å²) in [5.74, 6) is 1.53. The van der Waals surface area contributed by atoms with Gasteiger partial charge in [-0.2, -0.15) is 0 Å². The molecule has 2 saturated heterocycles. The Hall–Kier alpha value is -2.12. The van der Waals surface area contributed by atoms with Crippen molar-refractivity contribution in [2.75, 3.05) is 13.2 Å². The molecule has 5 nitrogen and oxygen atoms in total. The second kappa shape index (κ2) is 8.79. The zero-order valence-electron chi connectivity index (χ0n) is 16.6. The van der Waals surface area contributed by atoms with Gasteiger partial charge in [-0.3, -0.25) is 4.98 Å². The van der Waals surface area contributed by atoms with E-state index >= 15 is 0 Å². The van der Waals surface area contributed by atoms with Gasteiger partial charge in [0.05, 0.1) is 27.9 Å². The Morgan fingerprint density at radius 2 is 2.03 bits per heavy atom. The van der Waals surface area contributed by atoms with Gasteiger partial charge in [0.25, 0.3) is 0 Å². The van der Waals surface area contributed by atoms with Crippen LogP contribution in [0, 0.1) is 0 Å². The summed E-state index contributed by atoms with van der Waals surface area (Å²) in [7, 11) is 0. The van der Waals surface area contributed by atoms with E-state index in [1.807, 2.05) is 42.5 Å². The molecule has 0 radical (unpaired) electrons. The highest BCUT2D eigenvalue weighted by atomic mass is 35.5. The van der Waals surface area contributed by atoms with Gasteiger partial charge in [-0.1, -0.05) is 29.3 Å². The number of nitrogens with one attached hydrogen (secondary N) is 1. The number of ether oxygens (including phenoxy) is 1. The van der Waals surface area contributed by atoms with Crippen molar-refractivity contribution in [3.05, 3.63) is 76.2 Å². The van der Waals surface area contributed by atoms with E-state index < -0.39 is 0 Å². The van der Waals surface area contributed by atoms with Gasteiger partial charge in [0.2, 0.25) is 0 Å². The monoisotopic (exact) mass is 473 g/mol. The first-order valence-electron chi connectivity index (χ1n) is 10.2. The number of nitrogens with zero attached hydrogens (tertiary/aromatic N) is 2. The van der Waals surface area contributed by atoms with E-state index in [0.29, 0.717) is 21.7 Å². The predicted molar refractivity (Wildman–Crippen MR) is 125 cm³/mol. The second-order valence-electron chi connectivity index (χ2n) is 7.74. The second-order valence-corrected chi connectivity index (χ2v) is 8.95. The summed E-state index contributed by atoms with van der Waals surface area (Å²) < 4.78 is 12.2. The van der Waals surface area contributed by atoms with Gasteiger partial charge in [0.1, 0.15) is 17.6 Å². The van der Waals surface area contributed by atoms with Crippen molar-refractivity contribution in [1.29, 1.82) is 0 Å². The fraction of sp³-hybridized carbons (Fsp3) is 0.304. The summed E-state index contributed by atoms with van der Waals surface area (Å²) in [6.45, 7) is 1.51. The Balaban J connectivity index is 1.50. The molecule has 2 aromatic heterocycles. The van der Waals surface area contributed by atoms with Crippen LogP contribution in [0.4, 0.5) is 0 Å². The topological polar surface area (TPSA) is 50.5 Å². The van der Waals surface area contributed by atoms with E-state index in [0.717, 1.165) is 42.2 Å². The van der Waals surface area contributed by atoms with Crippen LogP contribution in [0.5, 0.6) is 0 Å². The van der Waals surface area contributed by atoms with Crippen molar-refractivity contribution in [3.8, 4) is 11.3 Å². The zero-order valence-corrected chi connectivity index (χ0v) is 19.0.